The van der Waals surface area contributed by atoms with Crippen LogP contribution in [0.15, 0.2) is 65.1 Å². The van der Waals surface area contributed by atoms with Crippen molar-refractivity contribution in [3.63, 3.8) is 0 Å². The first-order chi connectivity index (χ1) is 13.2. The third kappa shape index (κ3) is 6.75. The van der Waals surface area contributed by atoms with E-state index in [1.807, 2.05) is 0 Å². The Labute approximate surface area is 172 Å². The van der Waals surface area contributed by atoms with Crippen LogP contribution in [0.5, 0.6) is 0 Å². The number of carbonyl (C=O) groups is 3. The van der Waals surface area contributed by atoms with Crippen LogP contribution in [0.1, 0.15) is 13.8 Å². The Bertz CT molecular complexity index is 913. The minimum atomic E-state index is -1.15. The van der Waals surface area contributed by atoms with Crippen LogP contribution in [0.25, 0.3) is 0 Å². The van der Waals surface area contributed by atoms with E-state index in [4.69, 9.17) is 16.7 Å². The van der Waals surface area contributed by atoms with Gasteiger partial charge in [-0.2, -0.15) is 0 Å². The molecule has 0 spiro atoms. The van der Waals surface area contributed by atoms with Gasteiger partial charge in [-0.25, -0.2) is 4.79 Å². The van der Waals surface area contributed by atoms with E-state index in [-0.39, 0.29) is 16.7 Å². The molecule has 3 N–H and O–H groups in total. The molecule has 8 heteroatoms. The van der Waals surface area contributed by atoms with Crippen LogP contribution in [0.4, 0.5) is 11.4 Å². The van der Waals surface area contributed by atoms with Crippen molar-refractivity contribution in [2.75, 3.05) is 10.6 Å². The molecule has 28 heavy (non-hydrogen) atoms. The van der Waals surface area contributed by atoms with Crippen LogP contribution in [0.3, 0.4) is 0 Å². The monoisotopic (exact) mass is 418 g/mol. The van der Waals surface area contributed by atoms with Gasteiger partial charge in [-0.3, -0.25) is 9.59 Å². The summed E-state index contributed by atoms with van der Waals surface area (Å²) in [6.07, 6.45) is 1.02. The van der Waals surface area contributed by atoms with Crippen LogP contribution in [-0.4, -0.2) is 28.1 Å². The molecule has 0 fully saturated rings. The number of carboxylic acid groups (broad SMARTS) is 1. The highest BCUT2D eigenvalue weighted by molar-refractivity contribution is 8.00. The molecule has 0 saturated carbocycles. The number of carboxylic acids is 1. The average Bonchev–Trinajstić information content (AvgIpc) is 2.63. The second-order valence-corrected chi connectivity index (χ2v) is 7.76. The van der Waals surface area contributed by atoms with E-state index in [1.54, 1.807) is 55.5 Å². The van der Waals surface area contributed by atoms with Crippen molar-refractivity contribution in [3.8, 4) is 0 Å². The molecule has 2 rings (SSSR count). The fraction of sp³-hybridized carbons (Fsp3) is 0.150. The highest BCUT2D eigenvalue weighted by atomic mass is 35.5. The molecule has 0 saturated heterocycles. The molecule has 2 aromatic carbocycles. The summed E-state index contributed by atoms with van der Waals surface area (Å²) < 4.78 is 0. The molecule has 1 unspecified atom stereocenters. The van der Waals surface area contributed by atoms with Crippen LogP contribution in [-0.2, 0) is 14.4 Å². The lowest BCUT2D eigenvalue weighted by Gasteiger charge is -2.12. The molecule has 0 radical (unpaired) electrons. The largest absolute Gasteiger partial charge is 0.478 e. The number of thioether (sulfide) groups is 1. The first-order valence-electron chi connectivity index (χ1n) is 8.30. The van der Waals surface area contributed by atoms with Crippen molar-refractivity contribution < 1.29 is 19.5 Å². The third-order valence-electron chi connectivity index (χ3n) is 3.58. The zero-order valence-electron chi connectivity index (χ0n) is 15.2. The molecule has 2 amide bonds. The summed E-state index contributed by atoms with van der Waals surface area (Å²) in [6.45, 7) is 3.14. The van der Waals surface area contributed by atoms with Crippen LogP contribution >= 0.6 is 23.4 Å². The van der Waals surface area contributed by atoms with Gasteiger partial charge in [-0.05, 0) is 56.3 Å². The first kappa shape index (κ1) is 21.5. The highest BCUT2D eigenvalue weighted by Gasteiger charge is 2.15. The van der Waals surface area contributed by atoms with Gasteiger partial charge in [-0.1, -0.05) is 17.7 Å². The van der Waals surface area contributed by atoms with Gasteiger partial charge < -0.3 is 15.7 Å². The van der Waals surface area contributed by atoms with Crippen molar-refractivity contribution in [1.29, 1.82) is 0 Å². The number of amides is 2. The van der Waals surface area contributed by atoms with E-state index >= 15 is 0 Å². The molecule has 0 aliphatic heterocycles. The zero-order chi connectivity index (χ0) is 20.7. The van der Waals surface area contributed by atoms with Gasteiger partial charge in [0.2, 0.25) is 11.8 Å². The van der Waals surface area contributed by atoms with Gasteiger partial charge in [0.05, 0.1) is 5.25 Å². The number of anilines is 2. The lowest BCUT2D eigenvalue weighted by Crippen LogP contribution is -2.22. The van der Waals surface area contributed by atoms with Crippen molar-refractivity contribution in [1.82, 2.24) is 0 Å². The zero-order valence-corrected chi connectivity index (χ0v) is 16.8. The molecule has 0 bridgehead atoms. The summed E-state index contributed by atoms with van der Waals surface area (Å²) in [5, 5.41) is 14.4. The van der Waals surface area contributed by atoms with E-state index in [1.165, 1.54) is 18.7 Å². The number of benzene rings is 2. The lowest BCUT2D eigenvalue weighted by atomic mass is 10.2. The normalized spacial score (nSPS) is 12.2. The topological polar surface area (TPSA) is 95.5 Å². The smallest absolute Gasteiger partial charge is 0.331 e. The number of hydrogen-bond donors (Lipinski definition) is 3. The van der Waals surface area contributed by atoms with Crippen molar-refractivity contribution in [3.05, 3.63) is 65.2 Å². The Hall–Kier alpha value is -2.77. The number of rotatable bonds is 7. The molecule has 146 valence electrons. The van der Waals surface area contributed by atoms with Crippen LogP contribution in [0, 0.1) is 0 Å². The summed E-state index contributed by atoms with van der Waals surface area (Å²) >= 11 is 7.28. The predicted molar refractivity (Wildman–Crippen MR) is 112 cm³/mol. The minimum Gasteiger partial charge on any atom is -0.478 e. The van der Waals surface area contributed by atoms with Crippen molar-refractivity contribution in [2.24, 2.45) is 0 Å². The summed E-state index contributed by atoms with van der Waals surface area (Å²) in [5.74, 6) is -1.82. The first-order valence-corrected chi connectivity index (χ1v) is 9.56. The quantitative estimate of drug-likeness (QED) is 0.456. The number of halogens is 1. The molecule has 1 atom stereocenters. The Morgan fingerprint density at radius 1 is 1.07 bits per heavy atom. The fourth-order valence-electron chi connectivity index (χ4n) is 2.12. The van der Waals surface area contributed by atoms with Gasteiger partial charge in [0.15, 0.2) is 0 Å². The molecule has 0 aliphatic rings. The second kappa shape index (κ2) is 9.96. The molecular weight excluding hydrogens is 400 g/mol. The van der Waals surface area contributed by atoms with Gasteiger partial charge >= 0.3 is 5.97 Å². The molecular formula is C20H19ClN2O4S. The molecule has 2 aromatic rings. The van der Waals surface area contributed by atoms with E-state index in [0.29, 0.717) is 16.4 Å². The van der Waals surface area contributed by atoms with Crippen LogP contribution in [0.2, 0.25) is 5.02 Å². The maximum Gasteiger partial charge on any atom is 0.331 e. The molecule has 6 nitrogen and oxygen atoms in total. The maximum absolute atomic E-state index is 12.3. The SMILES string of the molecule is C/C(=C/C(=O)Nc1ccc(SC(C)C(=O)Nc2cccc(Cl)c2)cc1)C(=O)O. The Kier molecular flexibility index (Phi) is 7.66. The highest BCUT2D eigenvalue weighted by Crippen LogP contribution is 2.26. The van der Waals surface area contributed by atoms with E-state index in [0.717, 1.165) is 11.0 Å². The maximum atomic E-state index is 12.3. The average molecular weight is 419 g/mol. The second-order valence-electron chi connectivity index (χ2n) is 5.91. The van der Waals surface area contributed by atoms with Gasteiger partial charge in [0.25, 0.3) is 0 Å². The fourth-order valence-corrected chi connectivity index (χ4v) is 3.18. The van der Waals surface area contributed by atoms with Gasteiger partial charge in [-0.15, -0.1) is 11.8 Å². The number of aliphatic carboxylic acids is 1. The Morgan fingerprint density at radius 2 is 1.75 bits per heavy atom. The van der Waals surface area contributed by atoms with Crippen molar-refractivity contribution >= 4 is 52.5 Å². The van der Waals surface area contributed by atoms with E-state index in [9.17, 15) is 14.4 Å². The van der Waals surface area contributed by atoms with E-state index < -0.39 is 11.9 Å². The van der Waals surface area contributed by atoms with Crippen LogP contribution < -0.4 is 10.6 Å². The standard InChI is InChI=1S/C20H19ClN2O4S/c1-12(20(26)27)10-18(24)22-15-6-8-17(9-7-15)28-13(2)19(25)23-16-5-3-4-14(21)11-16/h3-11,13H,1-2H3,(H,22,24)(H,23,25)(H,26,27)/b12-10-. The minimum absolute atomic E-state index is 0.0517. The van der Waals surface area contributed by atoms with Gasteiger partial charge in [0.1, 0.15) is 0 Å². The van der Waals surface area contributed by atoms with Crippen molar-refractivity contribution in [2.45, 2.75) is 24.0 Å². The summed E-state index contributed by atoms with van der Waals surface area (Å²) in [4.78, 5) is 35.7. The third-order valence-corrected chi connectivity index (χ3v) is 4.93. The molecule has 0 aromatic heterocycles. The number of carbonyl (C=O) groups excluding carboxylic acids is 2. The summed E-state index contributed by atoms with van der Waals surface area (Å²) in [7, 11) is 0. The number of nitrogens with one attached hydrogen (secondary N) is 2. The summed E-state index contributed by atoms with van der Waals surface area (Å²) in [6, 6.07) is 13.9. The molecule has 0 aliphatic carbocycles. The number of hydrogen-bond acceptors (Lipinski definition) is 4. The Balaban J connectivity index is 1.92. The van der Waals surface area contributed by atoms with E-state index in [2.05, 4.69) is 10.6 Å². The molecule has 0 heterocycles. The predicted octanol–water partition coefficient (Wildman–Crippen LogP) is 4.43. The Morgan fingerprint density at radius 3 is 2.36 bits per heavy atom. The lowest BCUT2D eigenvalue weighted by molar-refractivity contribution is -0.132. The van der Waals surface area contributed by atoms with Gasteiger partial charge in [0, 0.05) is 32.9 Å². The summed E-state index contributed by atoms with van der Waals surface area (Å²) in [5.41, 5.74) is 1.11.